The highest BCUT2D eigenvalue weighted by molar-refractivity contribution is 5.95. The van der Waals surface area contributed by atoms with E-state index in [4.69, 9.17) is 4.42 Å². The first-order chi connectivity index (χ1) is 14.0. The molecule has 1 aliphatic heterocycles. The fourth-order valence-corrected chi connectivity index (χ4v) is 3.42. The number of carbonyl (C=O) groups is 1. The monoisotopic (exact) mass is 398 g/mol. The van der Waals surface area contributed by atoms with Crippen molar-refractivity contribution in [3.05, 3.63) is 54.0 Å². The van der Waals surface area contributed by atoms with Gasteiger partial charge in [-0.1, -0.05) is 18.2 Å². The largest absolute Gasteiger partial charge is 0.466 e. The molecule has 1 aromatic heterocycles. The maximum absolute atomic E-state index is 12.6. The van der Waals surface area contributed by atoms with E-state index in [1.54, 1.807) is 19.1 Å². The number of carbonyl (C=O) groups excluding carboxylic acids is 1. The smallest absolute Gasteiger partial charge is 0.227 e. The molecular formula is C22H30N4O3. The van der Waals surface area contributed by atoms with Crippen LogP contribution in [-0.2, 0) is 16.8 Å². The molecule has 2 heterocycles. The zero-order valence-corrected chi connectivity index (χ0v) is 17.1. The molecule has 1 unspecified atom stereocenters. The minimum absolute atomic E-state index is 0.152. The third-order valence-electron chi connectivity index (χ3n) is 4.99. The van der Waals surface area contributed by atoms with Crippen LogP contribution in [0.25, 0.3) is 0 Å². The minimum atomic E-state index is -1.18. The lowest BCUT2D eigenvalue weighted by atomic mass is 10.0. The normalized spacial score (nSPS) is 15.7. The molecule has 0 aliphatic carbocycles. The van der Waals surface area contributed by atoms with Crippen LogP contribution in [0, 0.1) is 0 Å². The summed E-state index contributed by atoms with van der Waals surface area (Å²) in [7, 11) is 0. The first-order valence-electron chi connectivity index (χ1n) is 10.2. The molecular weight excluding hydrogens is 368 g/mol. The van der Waals surface area contributed by atoms with Gasteiger partial charge in [-0.3, -0.25) is 4.79 Å². The van der Waals surface area contributed by atoms with E-state index in [1.807, 2.05) is 30.0 Å². The van der Waals surface area contributed by atoms with Gasteiger partial charge in [0.05, 0.1) is 12.8 Å². The highest BCUT2D eigenvalue weighted by Gasteiger charge is 2.26. The average Bonchev–Trinajstić information content (AvgIpc) is 3.39. The molecule has 1 aliphatic rings. The summed E-state index contributed by atoms with van der Waals surface area (Å²) in [4.78, 5) is 18.9. The van der Waals surface area contributed by atoms with Gasteiger partial charge in [-0.25, -0.2) is 4.99 Å². The predicted molar refractivity (Wildman–Crippen MR) is 114 cm³/mol. The van der Waals surface area contributed by atoms with Crippen molar-refractivity contribution in [2.45, 2.75) is 38.7 Å². The molecule has 1 amide bonds. The molecule has 1 atom stereocenters. The van der Waals surface area contributed by atoms with E-state index in [-0.39, 0.29) is 12.5 Å². The number of fused-ring (bicyclic) bond motifs is 1. The van der Waals surface area contributed by atoms with Crippen LogP contribution in [0.3, 0.4) is 0 Å². The number of aliphatic hydroxyl groups is 1. The van der Waals surface area contributed by atoms with E-state index < -0.39 is 5.60 Å². The van der Waals surface area contributed by atoms with Crippen LogP contribution < -0.4 is 15.5 Å². The number of amides is 1. The Kier molecular flexibility index (Phi) is 6.93. The van der Waals surface area contributed by atoms with Crippen molar-refractivity contribution >= 4 is 17.6 Å². The predicted octanol–water partition coefficient (Wildman–Crippen LogP) is 2.41. The highest BCUT2D eigenvalue weighted by Crippen LogP contribution is 2.28. The molecule has 0 bridgehead atoms. The van der Waals surface area contributed by atoms with E-state index in [9.17, 15) is 9.90 Å². The van der Waals surface area contributed by atoms with Gasteiger partial charge in [0, 0.05) is 31.7 Å². The molecule has 2 aromatic rings. The van der Waals surface area contributed by atoms with Gasteiger partial charge >= 0.3 is 0 Å². The number of rotatable bonds is 8. The third kappa shape index (κ3) is 5.38. The fraction of sp³-hybridized carbons (Fsp3) is 0.455. The Morgan fingerprint density at radius 2 is 2.10 bits per heavy atom. The molecule has 7 heteroatoms. The second kappa shape index (κ2) is 9.60. The number of anilines is 1. The van der Waals surface area contributed by atoms with Crippen molar-refractivity contribution in [3.63, 3.8) is 0 Å². The van der Waals surface area contributed by atoms with Crippen LogP contribution in [0.4, 0.5) is 5.69 Å². The van der Waals surface area contributed by atoms with Gasteiger partial charge in [-0.2, -0.15) is 0 Å². The average molecular weight is 399 g/mol. The lowest BCUT2D eigenvalue weighted by Crippen LogP contribution is -2.39. The summed E-state index contributed by atoms with van der Waals surface area (Å²) < 4.78 is 5.29. The Morgan fingerprint density at radius 1 is 1.28 bits per heavy atom. The SMILES string of the molecule is CCNC(=NCC(C)(O)c1ccco1)NCCCC(=O)N1CCc2ccccc21. The van der Waals surface area contributed by atoms with Gasteiger partial charge in [0.15, 0.2) is 5.96 Å². The summed E-state index contributed by atoms with van der Waals surface area (Å²) >= 11 is 0. The molecule has 1 aromatic carbocycles. The van der Waals surface area contributed by atoms with Gasteiger partial charge in [0.2, 0.25) is 5.91 Å². The van der Waals surface area contributed by atoms with Gasteiger partial charge in [-0.05, 0) is 50.5 Å². The Balaban J connectivity index is 1.47. The first kappa shape index (κ1) is 20.9. The number of guanidine groups is 1. The van der Waals surface area contributed by atoms with Crippen molar-refractivity contribution in [3.8, 4) is 0 Å². The number of hydrogen-bond donors (Lipinski definition) is 3. The topological polar surface area (TPSA) is 90.1 Å². The Hall–Kier alpha value is -2.80. The fourth-order valence-electron chi connectivity index (χ4n) is 3.42. The Morgan fingerprint density at radius 3 is 2.86 bits per heavy atom. The van der Waals surface area contributed by atoms with Crippen LogP contribution in [0.15, 0.2) is 52.1 Å². The maximum atomic E-state index is 12.6. The number of furan rings is 1. The van der Waals surface area contributed by atoms with Crippen LogP contribution in [-0.4, -0.2) is 43.2 Å². The van der Waals surface area contributed by atoms with Crippen molar-refractivity contribution < 1.29 is 14.3 Å². The standard InChI is InChI=1S/C22H30N4O3/c1-3-23-21(25-16-22(2,28)19-10-7-15-29-19)24-13-6-11-20(27)26-14-12-17-8-4-5-9-18(17)26/h4-5,7-10,15,28H,3,6,11-14,16H2,1-2H3,(H2,23,24,25). The van der Waals surface area contributed by atoms with E-state index >= 15 is 0 Å². The number of para-hydroxylation sites is 1. The van der Waals surface area contributed by atoms with Gasteiger partial charge in [-0.15, -0.1) is 0 Å². The summed E-state index contributed by atoms with van der Waals surface area (Å²) in [6.45, 7) is 5.91. The van der Waals surface area contributed by atoms with Gasteiger partial charge in [0.1, 0.15) is 11.4 Å². The molecule has 0 saturated heterocycles. The molecule has 0 fully saturated rings. The molecule has 0 radical (unpaired) electrons. The number of hydrogen-bond acceptors (Lipinski definition) is 4. The molecule has 3 rings (SSSR count). The number of nitrogens with one attached hydrogen (secondary N) is 2. The maximum Gasteiger partial charge on any atom is 0.227 e. The van der Waals surface area contributed by atoms with Crippen molar-refractivity contribution in [1.82, 2.24) is 10.6 Å². The van der Waals surface area contributed by atoms with Crippen LogP contribution in [0.2, 0.25) is 0 Å². The molecule has 3 N–H and O–H groups in total. The molecule has 0 spiro atoms. The van der Waals surface area contributed by atoms with E-state index in [0.29, 0.717) is 37.7 Å². The number of benzene rings is 1. The summed E-state index contributed by atoms with van der Waals surface area (Å²) in [6.07, 6.45) is 3.64. The van der Waals surface area contributed by atoms with E-state index in [1.165, 1.54) is 11.8 Å². The second-order valence-corrected chi connectivity index (χ2v) is 7.40. The quantitative estimate of drug-likeness (QED) is 0.361. The van der Waals surface area contributed by atoms with E-state index in [2.05, 4.69) is 21.7 Å². The summed E-state index contributed by atoms with van der Waals surface area (Å²) in [5.74, 6) is 1.24. The lowest BCUT2D eigenvalue weighted by Gasteiger charge is -2.20. The zero-order valence-electron chi connectivity index (χ0n) is 17.1. The van der Waals surface area contributed by atoms with Crippen LogP contribution >= 0.6 is 0 Å². The first-order valence-corrected chi connectivity index (χ1v) is 10.2. The van der Waals surface area contributed by atoms with Crippen LogP contribution in [0.1, 0.15) is 38.0 Å². The van der Waals surface area contributed by atoms with Crippen LogP contribution in [0.5, 0.6) is 0 Å². The van der Waals surface area contributed by atoms with Crippen molar-refractivity contribution in [2.75, 3.05) is 31.1 Å². The van der Waals surface area contributed by atoms with Gasteiger partial charge in [0.25, 0.3) is 0 Å². The Labute approximate surface area is 171 Å². The van der Waals surface area contributed by atoms with Gasteiger partial charge < -0.3 is 25.1 Å². The second-order valence-electron chi connectivity index (χ2n) is 7.40. The minimum Gasteiger partial charge on any atom is -0.466 e. The summed E-state index contributed by atoms with van der Waals surface area (Å²) in [6, 6.07) is 11.6. The highest BCUT2D eigenvalue weighted by atomic mass is 16.4. The van der Waals surface area contributed by atoms with Crippen molar-refractivity contribution in [1.29, 1.82) is 0 Å². The molecule has 156 valence electrons. The van der Waals surface area contributed by atoms with E-state index in [0.717, 1.165) is 18.7 Å². The lowest BCUT2D eigenvalue weighted by molar-refractivity contribution is -0.118. The van der Waals surface area contributed by atoms with Crippen molar-refractivity contribution in [2.24, 2.45) is 4.99 Å². The summed E-state index contributed by atoms with van der Waals surface area (Å²) in [5, 5.41) is 16.9. The third-order valence-corrected chi connectivity index (χ3v) is 4.99. The Bertz CT molecular complexity index is 830. The summed E-state index contributed by atoms with van der Waals surface area (Å²) in [5.41, 5.74) is 1.11. The number of aliphatic imine (C=N–C) groups is 1. The molecule has 0 saturated carbocycles. The number of nitrogens with zero attached hydrogens (tertiary/aromatic N) is 2. The molecule has 7 nitrogen and oxygen atoms in total. The molecule has 29 heavy (non-hydrogen) atoms. The zero-order chi connectivity index (χ0) is 20.7.